The van der Waals surface area contributed by atoms with Gasteiger partial charge in [-0.3, -0.25) is 0 Å². The molecule has 4 heteroatoms. The first-order valence-electron chi connectivity index (χ1n) is 4.13. The Morgan fingerprint density at radius 1 is 1.58 bits per heavy atom. The van der Waals surface area contributed by atoms with E-state index in [1.165, 1.54) is 0 Å². The summed E-state index contributed by atoms with van der Waals surface area (Å²) in [6.45, 7) is 5.48. The maximum absolute atomic E-state index is 9.35. The van der Waals surface area contributed by atoms with E-state index in [0.29, 0.717) is 11.7 Å². The first-order chi connectivity index (χ1) is 5.65. The topological polar surface area (TPSA) is 59.2 Å². The van der Waals surface area contributed by atoms with Crippen LogP contribution in [0.3, 0.4) is 0 Å². The molecule has 4 nitrogen and oxygen atoms in total. The van der Waals surface area contributed by atoms with Gasteiger partial charge in [-0.25, -0.2) is 0 Å². The van der Waals surface area contributed by atoms with E-state index in [-0.39, 0.29) is 5.92 Å². The molecule has 0 aliphatic rings. The average molecular weight is 170 g/mol. The van der Waals surface area contributed by atoms with Crippen molar-refractivity contribution < 1.29 is 9.63 Å². The molecule has 0 aromatic carbocycles. The zero-order chi connectivity index (χ0) is 9.14. The highest BCUT2D eigenvalue weighted by atomic mass is 16.5. The van der Waals surface area contributed by atoms with E-state index < -0.39 is 6.10 Å². The number of aromatic nitrogens is 2. The number of nitrogens with zero attached hydrogens (tertiary/aromatic N) is 2. The molecular formula is C8H14N2O2. The summed E-state index contributed by atoms with van der Waals surface area (Å²) in [4.78, 5) is 4.07. The average Bonchev–Trinajstić information content (AvgIpc) is 2.37. The zero-order valence-electron chi connectivity index (χ0n) is 7.61. The molecule has 12 heavy (non-hydrogen) atoms. The molecule has 0 saturated heterocycles. The standard InChI is InChI=1S/C8H14N2O2/c1-4-7(5(2)11)8-9-6(3)10-12-8/h5,7,11H,4H2,1-3H3/t5-,7+/m0/s1. The molecule has 1 aromatic rings. The fraction of sp³-hybridized carbons (Fsp3) is 0.750. The van der Waals surface area contributed by atoms with Crippen LogP contribution in [0.4, 0.5) is 0 Å². The van der Waals surface area contributed by atoms with E-state index in [9.17, 15) is 5.11 Å². The summed E-state index contributed by atoms with van der Waals surface area (Å²) in [6, 6.07) is 0. The van der Waals surface area contributed by atoms with Crippen LogP contribution < -0.4 is 0 Å². The summed E-state index contributed by atoms with van der Waals surface area (Å²) >= 11 is 0. The first kappa shape index (κ1) is 9.19. The number of aliphatic hydroxyl groups is 1. The van der Waals surface area contributed by atoms with Gasteiger partial charge in [-0.15, -0.1) is 0 Å². The molecule has 0 bridgehead atoms. The second-order valence-corrected chi connectivity index (χ2v) is 2.94. The summed E-state index contributed by atoms with van der Waals surface area (Å²) in [5, 5.41) is 13.0. The van der Waals surface area contributed by atoms with E-state index in [1.54, 1.807) is 13.8 Å². The number of hydrogen-bond acceptors (Lipinski definition) is 4. The van der Waals surface area contributed by atoms with Crippen LogP contribution in [0, 0.1) is 6.92 Å². The van der Waals surface area contributed by atoms with Crippen molar-refractivity contribution in [2.75, 3.05) is 0 Å². The molecule has 0 aliphatic heterocycles. The highest BCUT2D eigenvalue weighted by Crippen LogP contribution is 2.20. The minimum absolute atomic E-state index is 0.0359. The Morgan fingerprint density at radius 2 is 2.25 bits per heavy atom. The van der Waals surface area contributed by atoms with E-state index >= 15 is 0 Å². The summed E-state index contributed by atoms with van der Waals surface area (Å²) in [5.74, 6) is 1.11. The highest BCUT2D eigenvalue weighted by Gasteiger charge is 2.20. The Labute approximate surface area is 71.6 Å². The van der Waals surface area contributed by atoms with E-state index in [1.807, 2.05) is 6.92 Å². The second kappa shape index (κ2) is 3.67. The van der Waals surface area contributed by atoms with Gasteiger partial charge in [-0.2, -0.15) is 4.98 Å². The molecule has 2 atom stereocenters. The van der Waals surface area contributed by atoms with E-state index in [2.05, 4.69) is 10.1 Å². The van der Waals surface area contributed by atoms with Crippen molar-refractivity contribution in [3.8, 4) is 0 Å². The first-order valence-corrected chi connectivity index (χ1v) is 4.13. The van der Waals surface area contributed by atoms with Crippen molar-refractivity contribution in [2.45, 2.75) is 39.2 Å². The number of rotatable bonds is 3. The van der Waals surface area contributed by atoms with Crippen molar-refractivity contribution >= 4 is 0 Å². The molecule has 1 heterocycles. The van der Waals surface area contributed by atoms with Gasteiger partial charge in [0.05, 0.1) is 12.0 Å². The SMILES string of the molecule is CC[C@@H](c1nc(C)no1)[C@H](C)O. The third-order valence-electron chi connectivity index (χ3n) is 1.88. The zero-order valence-corrected chi connectivity index (χ0v) is 7.61. The second-order valence-electron chi connectivity index (χ2n) is 2.94. The van der Waals surface area contributed by atoms with Crippen LogP contribution in [-0.2, 0) is 0 Å². The molecule has 1 rings (SSSR count). The Bertz CT molecular complexity index is 245. The van der Waals surface area contributed by atoms with Gasteiger partial charge in [0.15, 0.2) is 5.82 Å². The summed E-state index contributed by atoms with van der Waals surface area (Å²) in [7, 11) is 0. The summed E-state index contributed by atoms with van der Waals surface area (Å²) < 4.78 is 4.96. The Kier molecular flexibility index (Phi) is 2.81. The van der Waals surface area contributed by atoms with Crippen LogP contribution in [0.5, 0.6) is 0 Å². The summed E-state index contributed by atoms with van der Waals surface area (Å²) in [5.41, 5.74) is 0. The smallest absolute Gasteiger partial charge is 0.232 e. The Morgan fingerprint density at radius 3 is 2.58 bits per heavy atom. The number of aryl methyl sites for hydroxylation is 1. The van der Waals surface area contributed by atoms with Gasteiger partial charge in [0.2, 0.25) is 5.89 Å². The van der Waals surface area contributed by atoms with Crippen LogP contribution in [-0.4, -0.2) is 21.4 Å². The molecule has 1 N–H and O–H groups in total. The van der Waals surface area contributed by atoms with E-state index in [4.69, 9.17) is 4.52 Å². The van der Waals surface area contributed by atoms with Gasteiger partial charge in [-0.05, 0) is 20.3 Å². The maximum Gasteiger partial charge on any atom is 0.232 e. The van der Waals surface area contributed by atoms with Gasteiger partial charge in [-0.1, -0.05) is 12.1 Å². The normalized spacial score (nSPS) is 16.0. The van der Waals surface area contributed by atoms with Crippen LogP contribution in [0.2, 0.25) is 0 Å². The predicted molar refractivity (Wildman–Crippen MR) is 43.7 cm³/mol. The van der Waals surface area contributed by atoms with Crippen molar-refractivity contribution in [1.29, 1.82) is 0 Å². The van der Waals surface area contributed by atoms with Gasteiger partial charge in [0, 0.05) is 0 Å². The largest absolute Gasteiger partial charge is 0.393 e. The third kappa shape index (κ3) is 1.82. The predicted octanol–water partition coefficient (Wildman–Crippen LogP) is 1.25. The molecule has 0 saturated carbocycles. The molecule has 0 aliphatic carbocycles. The Hall–Kier alpha value is -0.900. The van der Waals surface area contributed by atoms with Crippen LogP contribution in [0.15, 0.2) is 4.52 Å². The lowest BCUT2D eigenvalue weighted by Crippen LogP contribution is -2.13. The molecule has 68 valence electrons. The lowest BCUT2D eigenvalue weighted by molar-refractivity contribution is 0.141. The Balaban J connectivity index is 2.80. The molecule has 1 aromatic heterocycles. The van der Waals surface area contributed by atoms with Crippen molar-refractivity contribution in [3.63, 3.8) is 0 Å². The highest BCUT2D eigenvalue weighted by molar-refractivity contribution is 4.94. The van der Waals surface area contributed by atoms with Crippen molar-refractivity contribution in [3.05, 3.63) is 11.7 Å². The van der Waals surface area contributed by atoms with Gasteiger partial charge in [0.1, 0.15) is 0 Å². The van der Waals surface area contributed by atoms with Gasteiger partial charge < -0.3 is 9.63 Å². The minimum atomic E-state index is -0.435. The third-order valence-corrected chi connectivity index (χ3v) is 1.88. The van der Waals surface area contributed by atoms with E-state index in [0.717, 1.165) is 6.42 Å². The van der Waals surface area contributed by atoms with Crippen LogP contribution in [0.1, 0.15) is 37.9 Å². The molecule has 0 amide bonds. The van der Waals surface area contributed by atoms with Crippen LogP contribution >= 0.6 is 0 Å². The lowest BCUT2D eigenvalue weighted by Gasteiger charge is -2.12. The molecule has 0 radical (unpaired) electrons. The monoisotopic (exact) mass is 170 g/mol. The van der Waals surface area contributed by atoms with Crippen molar-refractivity contribution in [1.82, 2.24) is 10.1 Å². The lowest BCUT2D eigenvalue weighted by atomic mass is 10.0. The molecule has 0 unspecified atom stereocenters. The quantitative estimate of drug-likeness (QED) is 0.741. The fourth-order valence-electron chi connectivity index (χ4n) is 1.19. The number of aliphatic hydroxyl groups excluding tert-OH is 1. The molecule has 0 spiro atoms. The summed E-state index contributed by atoms with van der Waals surface area (Å²) in [6.07, 6.45) is 0.370. The van der Waals surface area contributed by atoms with Crippen LogP contribution in [0.25, 0.3) is 0 Å². The van der Waals surface area contributed by atoms with Gasteiger partial charge >= 0.3 is 0 Å². The fourth-order valence-corrected chi connectivity index (χ4v) is 1.19. The number of hydrogen-bond donors (Lipinski definition) is 1. The molecule has 0 fully saturated rings. The molecular weight excluding hydrogens is 156 g/mol. The van der Waals surface area contributed by atoms with Crippen molar-refractivity contribution in [2.24, 2.45) is 0 Å². The van der Waals surface area contributed by atoms with Gasteiger partial charge in [0.25, 0.3) is 0 Å². The minimum Gasteiger partial charge on any atom is -0.393 e. The maximum atomic E-state index is 9.35.